The van der Waals surface area contributed by atoms with E-state index in [2.05, 4.69) is 10.6 Å². The molecule has 2 N–H and O–H groups in total. The topological polar surface area (TPSA) is 105 Å². The van der Waals surface area contributed by atoms with Crippen molar-refractivity contribution in [2.75, 3.05) is 22.1 Å². The zero-order valence-electron chi connectivity index (χ0n) is 19.8. The summed E-state index contributed by atoms with van der Waals surface area (Å²) in [5, 5.41) is 5.74. The maximum Gasteiger partial charge on any atom is 0.338 e. The van der Waals surface area contributed by atoms with E-state index >= 15 is 0 Å². The Bertz CT molecular complexity index is 1430. The van der Waals surface area contributed by atoms with Crippen LogP contribution in [0.4, 0.5) is 17.1 Å². The number of nitrogens with one attached hydrogen (secondary N) is 2. The molecular weight excluding hydrogens is 517 g/mol. The van der Waals surface area contributed by atoms with Crippen molar-refractivity contribution in [2.45, 2.75) is 13.8 Å². The summed E-state index contributed by atoms with van der Waals surface area (Å²) in [5.41, 5.74) is 2.64. The van der Waals surface area contributed by atoms with Crippen LogP contribution in [0.15, 0.2) is 77.5 Å². The zero-order valence-corrected chi connectivity index (χ0v) is 21.3. The van der Waals surface area contributed by atoms with Gasteiger partial charge in [-0.3, -0.25) is 14.4 Å². The van der Waals surface area contributed by atoms with Gasteiger partial charge in [0.05, 0.1) is 17.9 Å². The largest absolute Gasteiger partial charge is 0.462 e. The molecule has 37 heavy (non-hydrogen) atoms. The lowest BCUT2D eigenvalue weighted by atomic mass is 10.1. The minimum atomic E-state index is -0.662. The van der Waals surface area contributed by atoms with Crippen LogP contribution >= 0.6 is 23.2 Å². The highest BCUT2D eigenvalue weighted by atomic mass is 35.5. The molecule has 3 aromatic carbocycles. The van der Waals surface area contributed by atoms with Gasteiger partial charge < -0.3 is 15.4 Å². The van der Waals surface area contributed by atoms with Gasteiger partial charge in [0, 0.05) is 22.0 Å². The summed E-state index contributed by atoms with van der Waals surface area (Å²) in [6.07, 6.45) is 0. The summed E-state index contributed by atoms with van der Waals surface area (Å²) < 4.78 is 4.94. The number of carbonyl (C=O) groups excluding carboxylic acids is 4. The molecule has 0 bridgehead atoms. The van der Waals surface area contributed by atoms with E-state index in [9.17, 15) is 19.2 Å². The van der Waals surface area contributed by atoms with Crippen LogP contribution in [0.1, 0.15) is 33.2 Å². The molecule has 0 unspecified atom stereocenters. The van der Waals surface area contributed by atoms with Crippen LogP contribution in [0.25, 0.3) is 0 Å². The number of aryl methyl sites for hydroxylation is 1. The Labute approximate surface area is 222 Å². The van der Waals surface area contributed by atoms with E-state index in [4.69, 9.17) is 27.9 Å². The molecule has 1 heterocycles. The molecular formula is C27H21Cl2N3O5. The van der Waals surface area contributed by atoms with E-state index in [1.165, 1.54) is 6.07 Å². The SMILES string of the molecule is CCOC(=O)c1ccc(NC(=O)c2ccc(NC3=C(Cl)C(=O)N(c4cc(Cl)ccc4C)C3=O)cc2)cc1. The molecule has 1 aliphatic heterocycles. The number of hydrogen-bond acceptors (Lipinski definition) is 6. The minimum Gasteiger partial charge on any atom is -0.462 e. The van der Waals surface area contributed by atoms with E-state index in [-0.39, 0.29) is 23.2 Å². The second kappa shape index (κ2) is 10.9. The Morgan fingerprint density at radius 3 is 2.14 bits per heavy atom. The number of hydrogen-bond donors (Lipinski definition) is 2. The molecule has 0 saturated heterocycles. The fraction of sp³-hybridized carbons (Fsp3) is 0.111. The summed E-state index contributed by atoms with van der Waals surface area (Å²) in [7, 11) is 0. The number of ether oxygens (including phenoxy) is 1. The van der Waals surface area contributed by atoms with Gasteiger partial charge in [0.15, 0.2) is 0 Å². The van der Waals surface area contributed by atoms with Crippen molar-refractivity contribution in [3.63, 3.8) is 0 Å². The van der Waals surface area contributed by atoms with Crippen molar-refractivity contribution in [2.24, 2.45) is 0 Å². The maximum atomic E-state index is 13.0. The van der Waals surface area contributed by atoms with Crippen molar-refractivity contribution < 1.29 is 23.9 Å². The first-order valence-electron chi connectivity index (χ1n) is 11.2. The fourth-order valence-electron chi connectivity index (χ4n) is 3.61. The van der Waals surface area contributed by atoms with Crippen LogP contribution in [0.3, 0.4) is 0 Å². The molecule has 3 aromatic rings. The maximum absolute atomic E-state index is 13.0. The van der Waals surface area contributed by atoms with E-state index in [1.54, 1.807) is 74.5 Å². The lowest BCUT2D eigenvalue weighted by Crippen LogP contribution is -2.32. The Morgan fingerprint density at radius 1 is 0.865 bits per heavy atom. The summed E-state index contributed by atoms with van der Waals surface area (Å²) in [5.74, 6) is -2.09. The van der Waals surface area contributed by atoms with Crippen LogP contribution < -0.4 is 15.5 Å². The standard InChI is InChI=1S/C27H21Cl2N3O5/c1-3-37-27(36)17-7-12-20(13-8-17)31-24(33)16-5-10-19(11-6-16)30-23-22(29)25(34)32(26(23)35)21-14-18(28)9-4-15(21)2/h4-14,30H,3H2,1-2H3,(H,31,33). The third-order valence-electron chi connectivity index (χ3n) is 5.51. The summed E-state index contributed by atoms with van der Waals surface area (Å²) in [4.78, 5) is 51.1. The number of rotatable bonds is 7. The number of amides is 3. The van der Waals surface area contributed by atoms with Gasteiger partial charge in [-0.1, -0.05) is 29.3 Å². The molecule has 0 atom stereocenters. The first-order chi connectivity index (χ1) is 17.7. The normalized spacial score (nSPS) is 13.1. The summed E-state index contributed by atoms with van der Waals surface area (Å²) in [6.45, 7) is 3.75. The van der Waals surface area contributed by atoms with Crippen LogP contribution in [0, 0.1) is 6.92 Å². The molecule has 0 spiro atoms. The van der Waals surface area contributed by atoms with E-state index in [1.807, 2.05) is 0 Å². The Morgan fingerprint density at radius 2 is 1.49 bits per heavy atom. The molecule has 0 fully saturated rings. The fourth-order valence-corrected chi connectivity index (χ4v) is 3.99. The van der Waals surface area contributed by atoms with E-state index < -0.39 is 17.8 Å². The van der Waals surface area contributed by atoms with Gasteiger partial charge in [0.1, 0.15) is 10.7 Å². The Kier molecular flexibility index (Phi) is 7.61. The highest BCUT2D eigenvalue weighted by Crippen LogP contribution is 2.33. The average molecular weight is 538 g/mol. The number of imide groups is 1. The predicted molar refractivity (Wildman–Crippen MR) is 142 cm³/mol. The van der Waals surface area contributed by atoms with E-state index in [0.717, 1.165) is 4.90 Å². The van der Waals surface area contributed by atoms with Crippen molar-refractivity contribution in [1.29, 1.82) is 0 Å². The van der Waals surface area contributed by atoms with Crippen molar-refractivity contribution in [1.82, 2.24) is 0 Å². The van der Waals surface area contributed by atoms with Crippen LogP contribution in [0.2, 0.25) is 5.02 Å². The molecule has 3 amide bonds. The van der Waals surface area contributed by atoms with Crippen molar-refractivity contribution in [3.05, 3.63) is 99.2 Å². The summed E-state index contributed by atoms with van der Waals surface area (Å²) >= 11 is 12.3. The zero-order chi connectivity index (χ0) is 26.7. The lowest BCUT2D eigenvalue weighted by molar-refractivity contribution is -0.120. The minimum absolute atomic E-state index is 0.0788. The molecule has 0 saturated carbocycles. The smallest absolute Gasteiger partial charge is 0.338 e. The highest BCUT2D eigenvalue weighted by Gasteiger charge is 2.39. The number of nitrogens with zero attached hydrogens (tertiary/aromatic N) is 1. The molecule has 0 aliphatic carbocycles. The molecule has 0 aromatic heterocycles. The number of anilines is 3. The van der Waals surface area contributed by atoms with Gasteiger partial charge in [-0.15, -0.1) is 0 Å². The first-order valence-corrected chi connectivity index (χ1v) is 12.0. The third-order valence-corrected chi connectivity index (χ3v) is 6.10. The first kappa shape index (κ1) is 25.9. The number of esters is 1. The average Bonchev–Trinajstić information content (AvgIpc) is 3.09. The molecule has 10 heteroatoms. The monoisotopic (exact) mass is 537 g/mol. The van der Waals surface area contributed by atoms with Gasteiger partial charge in [-0.05, 0) is 80.1 Å². The highest BCUT2D eigenvalue weighted by molar-refractivity contribution is 6.53. The number of benzene rings is 3. The van der Waals surface area contributed by atoms with Crippen molar-refractivity contribution >= 4 is 64.0 Å². The van der Waals surface area contributed by atoms with E-state index in [0.29, 0.717) is 38.8 Å². The second-order valence-corrected chi connectivity index (χ2v) is 8.83. The second-order valence-electron chi connectivity index (χ2n) is 8.02. The van der Waals surface area contributed by atoms with Crippen molar-refractivity contribution in [3.8, 4) is 0 Å². The van der Waals surface area contributed by atoms with Gasteiger partial charge in [-0.25, -0.2) is 9.69 Å². The lowest BCUT2D eigenvalue weighted by Gasteiger charge is -2.17. The molecule has 8 nitrogen and oxygen atoms in total. The Balaban J connectivity index is 1.44. The van der Waals surface area contributed by atoms with Gasteiger partial charge in [0.2, 0.25) is 0 Å². The van der Waals surface area contributed by atoms with Crippen LogP contribution in [-0.2, 0) is 14.3 Å². The number of halogens is 2. The molecule has 1 aliphatic rings. The van der Waals surface area contributed by atoms with Gasteiger partial charge in [-0.2, -0.15) is 0 Å². The quantitative estimate of drug-likeness (QED) is 0.304. The van der Waals surface area contributed by atoms with Crippen LogP contribution in [0.5, 0.6) is 0 Å². The van der Waals surface area contributed by atoms with Gasteiger partial charge in [0.25, 0.3) is 17.7 Å². The Hall–Kier alpha value is -4.14. The van der Waals surface area contributed by atoms with Crippen LogP contribution in [-0.4, -0.2) is 30.3 Å². The molecule has 0 radical (unpaired) electrons. The predicted octanol–water partition coefficient (Wildman–Crippen LogP) is 5.51. The third kappa shape index (κ3) is 5.50. The number of carbonyl (C=O) groups is 4. The van der Waals surface area contributed by atoms with Gasteiger partial charge >= 0.3 is 5.97 Å². The molecule has 188 valence electrons. The molecule has 4 rings (SSSR count). The summed E-state index contributed by atoms with van der Waals surface area (Å²) in [6, 6.07) is 17.5.